The van der Waals surface area contributed by atoms with Crippen molar-refractivity contribution in [2.45, 2.75) is 39.5 Å². The Hall–Kier alpha value is -3.36. The maximum atomic E-state index is 12.5. The molecule has 0 aliphatic carbocycles. The van der Waals surface area contributed by atoms with E-state index in [-0.39, 0.29) is 35.5 Å². The number of carbonyl (C=O) groups is 4. The molecule has 2 atom stereocenters. The highest BCUT2D eigenvalue weighted by molar-refractivity contribution is 6.22. The predicted octanol–water partition coefficient (Wildman–Crippen LogP) is 3.59. The fourth-order valence-corrected chi connectivity index (χ4v) is 5.11. The zero-order chi connectivity index (χ0) is 27.1. The summed E-state index contributed by atoms with van der Waals surface area (Å²) in [6.45, 7) is 8.32. The summed E-state index contributed by atoms with van der Waals surface area (Å²) in [7, 11) is 0. The highest BCUT2D eigenvalue weighted by atomic mass is 16.2. The van der Waals surface area contributed by atoms with Crippen LogP contribution >= 0.6 is 0 Å². The van der Waals surface area contributed by atoms with Crippen molar-refractivity contribution in [3.05, 3.63) is 70.8 Å². The Morgan fingerprint density at radius 1 is 0.553 bits per heavy atom. The van der Waals surface area contributed by atoms with E-state index in [1.54, 1.807) is 48.5 Å². The number of benzene rings is 2. The molecular weight excluding hydrogens is 480 g/mol. The number of fused-ring (bicyclic) bond motifs is 2. The molecular formula is C30H38N4O4. The minimum atomic E-state index is -0.191. The Morgan fingerprint density at radius 2 is 0.868 bits per heavy atom. The molecule has 0 fully saturated rings. The van der Waals surface area contributed by atoms with Crippen LogP contribution in [0.3, 0.4) is 0 Å². The van der Waals surface area contributed by atoms with E-state index < -0.39 is 0 Å². The van der Waals surface area contributed by atoms with Crippen LogP contribution in [0.15, 0.2) is 48.5 Å². The summed E-state index contributed by atoms with van der Waals surface area (Å²) >= 11 is 0. The maximum Gasteiger partial charge on any atom is 0.261 e. The molecule has 2 aromatic carbocycles. The van der Waals surface area contributed by atoms with E-state index in [9.17, 15) is 19.2 Å². The molecule has 2 heterocycles. The van der Waals surface area contributed by atoms with E-state index in [1.165, 1.54) is 9.80 Å². The maximum absolute atomic E-state index is 12.5. The van der Waals surface area contributed by atoms with Gasteiger partial charge in [-0.1, -0.05) is 51.0 Å². The fourth-order valence-electron chi connectivity index (χ4n) is 5.11. The number of hydrogen-bond donors (Lipinski definition) is 2. The Labute approximate surface area is 224 Å². The molecule has 2 unspecified atom stereocenters. The van der Waals surface area contributed by atoms with Gasteiger partial charge >= 0.3 is 0 Å². The third-order valence-corrected chi connectivity index (χ3v) is 7.19. The van der Waals surface area contributed by atoms with Crippen molar-refractivity contribution in [3.63, 3.8) is 0 Å². The largest absolute Gasteiger partial charge is 0.316 e. The number of unbranched alkanes of at least 4 members (excludes halogenated alkanes) is 3. The number of nitrogens with zero attached hydrogens (tertiary/aromatic N) is 2. The van der Waals surface area contributed by atoms with Gasteiger partial charge in [0.15, 0.2) is 0 Å². The number of rotatable bonds is 15. The second-order valence-electron chi connectivity index (χ2n) is 10.6. The van der Waals surface area contributed by atoms with Crippen LogP contribution in [0.4, 0.5) is 0 Å². The molecule has 2 aliphatic heterocycles. The Balaban J connectivity index is 1.00. The molecule has 4 rings (SSSR count). The highest BCUT2D eigenvalue weighted by Gasteiger charge is 2.36. The van der Waals surface area contributed by atoms with E-state index in [2.05, 4.69) is 24.5 Å². The summed E-state index contributed by atoms with van der Waals surface area (Å²) in [4.78, 5) is 52.7. The molecule has 8 heteroatoms. The molecule has 2 aliphatic rings. The molecule has 0 aromatic heterocycles. The summed E-state index contributed by atoms with van der Waals surface area (Å²) in [5, 5.41) is 6.90. The zero-order valence-corrected chi connectivity index (χ0v) is 22.4. The van der Waals surface area contributed by atoms with E-state index in [4.69, 9.17) is 0 Å². The lowest BCUT2D eigenvalue weighted by Crippen LogP contribution is -2.37. The summed E-state index contributed by atoms with van der Waals surface area (Å²) in [6.07, 6.45) is 4.42. The number of carbonyl (C=O) groups excluding carboxylic acids is 4. The van der Waals surface area contributed by atoms with Gasteiger partial charge in [-0.2, -0.15) is 0 Å². The quantitative estimate of drug-likeness (QED) is 0.276. The van der Waals surface area contributed by atoms with E-state index >= 15 is 0 Å². The van der Waals surface area contributed by atoms with Crippen LogP contribution in [0.1, 0.15) is 81.0 Å². The molecule has 2 N–H and O–H groups in total. The minimum Gasteiger partial charge on any atom is -0.316 e. The first kappa shape index (κ1) is 27.7. The molecule has 2 aromatic rings. The fraction of sp³-hybridized carbons (Fsp3) is 0.467. The molecule has 8 nitrogen and oxygen atoms in total. The first-order valence-electron chi connectivity index (χ1n) is 13.7. The van der Waals surface area contributed by atoms with Crippen LogP contribution < -0.4 is 10.6 Å². The predicted molar refractivity (Wildman–Crippen MR) is 146 cm³/mol. The van der Waals surface area contributed by atoms with Crippen LogP contribution in [0.5, 0.6) is 0 Å². The zero-order valence-electron chi connectivity index (χ0n) is 22.4. The average Bonchev–Trinajstić information content (AvgIpc) is 3.30. The molecule has 0 saturated carbocycles. The second-order valence-corrected chi connectivity index (χ2v) is 10.6. The third kappa shape index (κ3) is 6.37. The van der Waals surface area contributed by atoms with Gasteiger partial charge in [0.1, 0.15) is 0 Å². The summed E-state index contributed by atoms with van der Waals surface area (Å²) < 4.78 is 0. The van der Waals surface area contributed by atoms with E-state index in [1.807, 2.05) is 0 Å². The molecule has 4 amide bonds. The van der Waals surface area contributed by atoms with Gasteiger partial charge in [0.05, 0.1) is 22.3 Å². The number of imide groups is 2. The van der Waals surface area contributed by atoms with Crippen LogP contribution in [-0.2, 0) is 0 Å². The van der Waals surface area contributed by atoms with Crippen molar-refractivity contribution in [1.29, 1.82) is 0 Å². The lowest BCUT2D eigenvalue weighted by Gasteiger charge is -2.20. The first-order chi connectivity index (χ1) is 18.4. The Morgan fingerprint density at radius 3 is 1.18 bits per heavy atom. The smallest absolute Gasteiger partial charge is 0.261 e. The van der Waals surface area contributed by atoms with Crippen LogP contribution in [0, 0.1) is 11.8 Å². The van der Waals surface area contributed by atoms with Crippen molar-refractivity contribution in [3.8, 4) is 0 Å². The lowest BCUT2D eigenvalue weighted by atomic mass is 10.1. The molecule has 0 bridgehead atoms. The first-order valence-corrected chi connectivity index (χ1v) is 13.7. The van der Waals surface area contributed by atoms with Gasteiger partial charge < -0.3 is 10.6 Å². The van der Waals surface area contributed by atoms with Crippen LogP contribution in [0.25, 0.3) is 0 Å². The van der Waals surface area contributed by atoms with Gasteiger partial charge in [0.25, 0.3) is 23.6 Å². The van der Waals surface area contributed by atoms with Gasteiger partial charge in [-0.25, -0.2) is 0 Å². The topological polar surface area (TPSA) is 98.8 Å². The SMILES string of the molecule is CC(CNCCCCCCNCC(C)CN1C(=O)c2ccccc2C1=O)CN1C(=O)c2ccccc2C1=O. The van der Waals surface area contributed by atoms with E-state index in [0.29, 0.717) is 35.3 Å². The molecule has 0 radical (unpaired) electrons. The Kier molecular flexibility index (Phi) is 9.42. The third-order valence-electron chi connectivity index (χ3n) is 7.19. The van der Waals surface area contributed by atoms with Crippen molar-refractivity contribution in [2.75, 3.05) is 39.3 Å². The van der Waals surface area contributed by atoms with Crippen LogP contribution in [-0.4, -0.2) is 72.7 Å². The molecule has 38 heavy (non-hydrogen) atoms. The highest BCUT2D eigenvalue weighted by Crippen LogP contribution is 2.24. The van der Waals surface area contributed by atoms with Gasteiger partial charge in [-0.05, 0) is 75.1 Å². The Bertz CT molecular complexity index is 1020. The van der Waals surface area contributed by atoms with Gasteiger partial charge in [0.2, 0.25) is 0 Å². The molecule has 0 saturated heterocycles. The van der Waals surface area contributed by atoms with Crippen molar-refractivity contribution < 1.29 is 19.2 Å². The van der Waals surface area contributed by atoms with Crippen LogP contribution in [0.2, 0.25) is 0 Å². The summed E-state index contributed by atoms with van der Waals surface area (Å²) in [6, 6.07) is 14.0. The van der Waals surface area contributed by atoms with Gasteiger partial charge in [0, 0.05) is 13.1 Å². The summed E-state index contributed by atoms with van der Waals surface area (Å²) in [5.74, 6) is -0.395. The summed E-state index contributed by atoms with van der Waals surface area (Å²) in [5.41, 5.74) is 2.02. The second kappa shape index (κ2) is 12.9. The minimum absolute atomic E-state index is 0.184. The number of nitrogens with one attached hydrogen (secondary N) is 2. The average molecular weight is 519 g/mol. The van der Waals surface area contributed by atoms with E-state index in [0.717, 1.165) is 51.9 Å². The van der Waals surface area contributed by atoms with Crippen molar-refractivity contribution in [1.82, 2.24) is 20.4 Å². The number of amides is 4. The standard InChI is InChI=1S/C30H38N4O4/c1-21(19-33-27(35)23-11-5-6-12-24(23)28(33)36)17-31-15-9-3-4-10-16-32-18-22(2)20-34-29(37)25-13-7-8-14-26(25)30(34)38/h5-8,11-14,21-22,31-32H,3-4,9-10,15-20H2,1-2H3. The van der Waals surface area contributed by atoms with Crippen molar-refractivity contribution in [2.24, 2.45) is 11.8 Å². The monoisotopic (exact) mass is 518 g/mol. The number of hydrogen-bond acceptors (Lipinski definition) is 6. The van der Waals surface area contributed by atoms with Gasteiger partial charge in [-0.15, -0.1) is 0 Å². The van der Waals surface area contributed by atoms with Crippen molar-refractivity contribution >= 4 is 23.6 Å². The lowest BCUT2D eigenvalue weighted by molar-refractivity contribution is 0.0617. The molecule has 202 valence electrons. The molecule has 0 spiro atoms. The van der Waals surface area contributed by atoms with Gasteiger partial charge in [-0.3, -0.25) is 29.0 Å². The normalized spacial score (nSPS) is 16.3.